The molecular formula is C21H28ClN5O. The van der Waals surface area contributed by atoms with Gasteiger partial charge in [-0.15, -0.1) is 0 Å². The zero-order valence-electron chi connectivity index (χ0n) is 16.1. The van der Waals surface area contributed by atoms with E-state index in [2.05, 4.69) is 31.9 Å². The highest BCUT2D eigenvalue weighted by molar-refractivity contribution is 6.30. The number of benzene rings is 1. The van der Waals surface area contributed by atoms with E-state index in [0.29, 0.717) is 18.6 Å². The molecule has 4 rings (SSSR count). The first kappa shape index (κ1) is 19.6. The first-order valence-corrected chi connectivity index (χ1v) is 10.4. The number of rotatable bonds is 5. The summed E-state index contributed by atoms with van der Waals surface area (Å²) in [6.07, 6.45) is 6.92. The van der Waals surface area contributed by atoms with Crippen LogP contribution in [0.25, 0.3) is 0 Å². The van der Waals surface area contributed by atoms with E-state index in [0.717, 1.165) is 56.5 Å². The maximum Gasteiger partial charge on any atom is 0.225 e. The predicted molar refractivity (Wildman–Crippen MR) is 112 cm³/mol. The van der Waals surface area contributed by atoms with Crippen LogP contribution in [0.15, 0.2) is 42.7 Å². The average Bonchev–Trinajstić information content (AvgIpc) is 2.76. The van der Waals surface area contributed by atoms with Crippen LogP contribution in [0.1, 0.15) is 18.4 Å². The molecule has 2 aliphatic heterocycles. The monoisotopic (exact) mass is 401 g/mol. The van der Waals surface area contributed by atoms with Crippen LogP contribution in [0.2, 0.25) is 5.02 Å². The van der Waals surface area contributed by atoms with Gasteiger partial charge in [0.2, 0.25) is 5.95 Å². The Morgan fingerprint density at radius 2 is 1.82 bits per heavy atom. The number of hydrogen-bond acceptors (Lipinski definition) is 6. The van der Waals surface area contributed by atoms with Gasteiger partial charge in [0, 0.05) is 55.7 Å². The maximum atomic E-state index is 6.04. The molecule has 6 nitrogen and oxygen atoms in total. The first-order valence-electron chi connectivity index (χ1n) is 10.1. The summed E-state index contributed by atoms with van der Waals surface area (Å²) < 4.78 is 6.02. The largest absolute Gasteiger partial charge is 0.374 e. The molecule has 0 spiro atoms. The number of anilines is 1. The standard InChI is InChI=1S/C21H28ClN5O/c22-17-4-2-16(3-5-17)12-19-15-28-20(13-23)14-27(19)18-6-10-26(11-7-18)21-24-8-1-9-25-21/h1-5,8-9,18-20H,6-7,10-15,23H2. The zero-order valence-corrected chi connectivity index (χ0v) is 16.8. The maximum absolute atomic E-state index is 6.04. The molecule has 0 radical (unpaired) electrons. The lowest BCUT2D eigenvalue weighted by atomic mass is 9.96. The summed E-state index contributed by atoms with van der Waals surface area (Å²) in [5, 5.41) is 0.777. The highest BCUT2D eigenvalue weighted by Gasteiger charge is 2.35. The molecule has 1 aromatic heterocycles. The van der Waals surface area contributed by atoms with Gasteiger partial charge in [0.25, 0.3) is 0 Å². The first-order chi connectivity index (χ1) is 13.7. The molecule has 2 atom stereocenters. The third-order valence-electron chi connectivity index (χ3n) is 5.82. The van der Waals surface area contributed by atoms with Crippen molar-refractivity contribution >= 4 is 17.5 Å². The van der Waals surface area contributed by atoms with Crippen molar-refractivity contribution in [2.75, 3.05) is 37.7 Å². The number of morpholine rings is 1. The summed E-state index contributed by atoms with van der Waals surface area (Å²) in [4.78, 5) is 13.7. The second-order valence-corrected chi connectivity index (χ2v) is 8.08. The molecule has 1 aromatic carbocycles. The molecule has 150 valence electrons. The summed E-state index contributed by atoms with van der Waals surface area (Å²) in [5.41, 5.74) is 7.21. The van der Waals surface area contributed by atoms with Crippen LogP contribution < -0.4 is 10.6 Å². The normalized spacial score (nSPS) is 24.4. The van der Waals surface area contributed by atoms with E-state index in [1.165, 1.54) is 5.56 Å². The van der Waals surface area contributed by atoms with Crippen molar-refractivity contribution in [3.63, 3.8) is 0 Å². The molecule has 0 aliphatic carbocycles. The molecule has 2 fully saturated rings. The minimum absolute atomic E-state index is 0.122. The van der Waals surface area contributed by atoms with Gasteiger partial charge in [0.15, 0.2) is 0 Å². The van der Waals surface area contributed by atoms with Crippen molar-refractivity contribution in [2.45, 2.75) is 37.5 Å². The summed E-state index contributed by atoms with van der Waals surface area (Å²) in [6.45, 7) is 4.16. The molecular weight excluding hydrogens is 374 g/mol. The Kier molecular flexibility index (Phi) is 6.42. The molecule has 0 saturated carbocycles. The van der Waals surface area contributed by atoms with E-state index in [4.69, 9.17) is 22.1 Å². The third kappa shape index (κ3) is 4.63. The molecule has 3 heterocycles. The van der Waals surface area contributed by atoms with E-state index in [9.17, 15) is 0 Å². The van der Waals surface area contributed by atoms with Crippen molar-refractivity contribution in [2.24, 2.45) is 5.73 Å². The number of hydrogen-bond donors (Lipinski definition) is 1. The fourth-order valence-electron chi connectivity index (χ4n) is 4.29. The number of aromatic nitrogens is 2. The molecule has 7 heteroatoms. The molecule has 2 aliphatic rings. The van der Waals surface area contributed by atoms with Crippen LogP contribution in [0.4, 0.5) is 5.95 Å². The van der Waals surface area contributed by atoms with Crippen molar-refractivity contribution in [1.82, 2.24) is 14.9 Å². The molecule has 2 N–H and O–H groups in total. The van der Waals surface area contributed by atoms with Crippen LogP contribution in [0.3, 0.4) is 0 Å². The Labute approximate surface area is 171 Å². The van der Waals surface area contributed by atoms with E-state index in [1.54, 1.807) is 0 Å². The number of ether oxygens (including phenoxy) is 1. The Morgan fingerprint density at radius 3 is 2.50 bits per heavy atom. The summed E-state index contributed by atoms with van der Waals surface area (Å²) >= 11 is 6.04. The Hall–Kier alpha value is -1.73. The van der Waals surface area contributed by atoms with Gasteiger partial charge >= 0.3 is 0 Å². The van der Waals surface area contributed by atoms with Gasteiger partial charge in [-0.05, 0) is 43.0 Å². The quantitative estimate of drug-likeness (QED) is 0.829. The number of nitrogens with zero attached hydrogens (tertiary/aromatic N) is 4. The van der Waals surface area contributed by atoms with Crippen LogP contribution in [-0.2, 0) is 11.2 Å². The van der Waals surface area contributed by atoms with Gasteiger partial charge in [-0.2, -0.15) is 0 Å². The van der Waals surface area contributed by atoms with Gasteiger partial charge < -0.3 is 15.4 Å². The minimum Gasteiger partial charge on any atom is -0.374 e. The smallest absolute Gasteiger partial charge is 0.225 e. The van der Waals surface area contributed by atoms with Gasteiger partial charge in [0.05, 0.1) is 12.7 Å². The lowest BCUT2D eigenvalue weighted by Gasteiger charge is -2.46. The fourth-order valence-corrected chi connectivity index (χ4v) is 4.42. The van der Waals surface area contributed by atoms with Crippen molar-refractivity contribution in [1.29, 1.82) is 0 Å². The highest BCUT2D eigenvalue weighted by atomic mass is 35.5. The molecule has 2 saturated heterocycles. The molecule has 0 bridgehead atoms. The average molecular weight is 402 g/mol. The molecule has 0 amide bonds. The van der Waals surface area contributed by atoms with Crippen LogP contribution in [0, 0.1) is 0 Å². The second-order valence-electron chi connectivity index (χ2n) is 7.64. The summed E-state index contributed by atoms with van der Waals surface area (Å²) in [5.74, 6) is 0.834. The SMILES string of the molecule is NCC1CN(C2CCN(c3ncccn3)CC2)C(Cc2ccc(Cl)cc2)CO1. The zero-order chi connectivity index (χ0) is 19.3. The Balaban J connectivity index is 1.42. The predicted octanol–water partition coefficient (Wildman–Crippen LogP) is 2.37. The second kappa shape index (κ2) is 9.18. The fraction of sp³-hybridized carbons (Fsp3) is 0.524. The molecule has 2 aromatic rings. The number of halogens is 1. The van der Waals surface area contributed by atoms with E-state index >= 15 is 0 Å². The highest BCUT2D eigenvalue weighted by Crippen LogP contribution is 2.26. The van der Waals surface area contributed by atoms with Crippen molar-refractivity contribution < 1.29 is 4.74 Å². The lowest BCUT2D eigenvalue weighted by molar-refractivity contribution is -0.0779. The number of piperidine rings is 1. The van der Waals surface area contributed by atoms with E-state index in [-0.39, 0.29) is 6.10 Å². The third-order valence-corrected chi connectivity index (χ3v) is 6.08. The van der Waals surface area contributed by atoms with E-state index in [1.807, 2.05) is 30.6 Å². The lowest BCUT2D eigenvalue weighted by Crippen LogP contribution is -2.58. The van der Waals surface area contributed by atoms with E-state index < -0.39 is 0 Å². The van der Waals surface area contributed by atoms with Crippen molar-refractivity contribution in [3.8, 4) is 0 Å². The van der Waals surface area contributed by atoms with Crippen LogP contribution in [0.5, 0.6) is 0 Å². The van der Waals surface area contributed by atoms with Crippen LogP contribution in [-0.4, -0.2) is 65.8 Å². The van der Waals surface area contributed by atoms with Gasteiger partial charge in [-0.25, -0.2) is 9.97 Å². The minimum atomic E-state index is 0.122. The summed E-state index contributed by atoms with van der Waals surface area (Å²) in [7, 11) is 0. The molecule has 2 unspecified atom stereocenters. The van der Waals surface area contributed by atoms with Gasteiger partial charge in [0.1, 0.15) is 0 Å². The molecule has 28 heavy (non-hydrogen) atoms. The van der Waals surface area contributed by atoms with Crippen LogP contribution >= 0.6 is 11.6 Å². The van der Waals surface area contributed by atoms with Crippen molar-refractivity contribution in [3.05, 3.63) is 53.3 Å². The Morgan fingerprint density at radius 1 is 1.11 bits per heavy atom. The van der Waals surface area contributed by atoms with Gasteiger partial charge in [-0.1, -0.05) is 23.7 Å². The Bertz CT molecular complexity index is 736. The summed E-state index contributed by atoms with van der Waals surface area (Å²) in [6, 6.07) is 10.9. The topological polar surface area (TPSA) is 67.5 Å². The number of nitrogens with two attached hydrogens (primary N) is 1. The van der Waals surface area contributed by atoms with Gasteiger partial charge in [-0.3, -0.25) is 4.90 Å².